The van der Waals surface area contributed by atoms with E-state index in [-0.39, 0.29) is 11.2 Å². The molecule has 0 bridgehead atoms. The van der Waals surface area contributed by atoms with Gasteiger partial charge in [-0.15, -0.1) is 0 Å². The molecule has 0 unspecified atom stereocenters. The van der Waals surface area contributed by atoms with E-state index in [9.17, 15) is 9.59 Å². The SMILES string of the molecule is COc1cc(-n2[nH]c(C)c(C=Nc3cc4[nH]c(=O)[nH]c4cc3N3CCCC3)c2=O)ccc1Cl. The maximum atomic E-state index is 13.2. The minimum Gasteiger partial charge on any atom is -0.495 e. The number of nitrogens with one attached hydrogen (secondary N) is 3. The largest absolute Gasteiger partial charge is 0.495 e. The Bertz CT molecular complexity index is 1490. The minimum absolute atomic E-state index is 0.237. The number of imidazole rings is 1. The average Bonchev–Trinajstić information content (AvgIpc) is 3.51. The van der Waals surface area contributed by atoms with Crippen molar-refractivity contribution in [3.63, 3.8) is 0 Å². The summed E-state index contributed by atoms with van der Waals surface area (Å²) in [4.78, 5) is 37.4. The summed E-state index contributed by atoms with van der Waals surface area (Å²) in [7, 11) is 1.53. The van der Waals surface area contributed by atoms with Crippen molar-refractivity contribution >= 4 is 40.2 Å². The van der Waals surface area contributed by atoms with Gasteiger partial charge in [0.15, 0.2) is 0 Å². The van der Waals surface area contributed by atoms with E-state index < -0.39 is 0 Å². The first kappa shape index (κ1) is 21.1. The fourth-order valence-electron chi connectivity index (χ4n) is 4.19. The predicted octanol–water partition coefficient (Wildman–Crippen LogP) is 3.66. The van der Waals surface area contributed by atoms with Crippen LogP contribution in [0.2, 0.25) is 5.02 Å². The molecule has 170 valence electrons. The Kier molecular flexibility index (Phi) is 5.33. The zero-order valence-corrected chi connectivity index (χ0v) is 19.0. The van der Waals surface area contributed by atoms with Crippen LogP contribution in [0.25, 0.3) is 16.7 Å². The van der Waals surface area contributed by atoms with Crippen molar-refractivity contribution in [2.75, 3.05) is 25.1 Å². The number of hydrogen-bond acceptors (Lipinski definition) is 5. The zero-order valence-electron chi connectivity index (χ0n) is 18.2. The summed E-state index contributed by atoms with van der Waals surface area (Å²) in [5, 5.41) is 3.56. The molecule has 0 amide bonds. The fraction of sp³-hybridized carbons (Fsp3) is 0.261. The lowest BCUT2D eigenvalue weighted by Crippen LogP contribution is -2.18. The van der Waals surface area contributed by atoms with Gasteiger partial charge in [0.2, 0.25) is 0 Å². The van der Waals surface area contributed by atoms with Gasteiger partial charge in [-0.25, -0.2) is 9.48 Å². The summed E-state index contributed by atoms with van der Waals surface area (Å²) in [6.45, 7) is 3.68. The molecule has 2 aromatic heterocycles. The van der Waals surface area contributed by atoms with Crippen LogP contribution < -0.4 is 20.9 Å². The van der Waals surface area contributed by atoms with E-state index >= 15 is 0 Å². The molecular weight excluding hydrogens is 444 g/mol. The number of H-pyrrole nitrogens is 3. The summed E-state index contributed by atoms with van der Waals surface area (Å²) in [5.41, 5.74) is 4.26. The second-order valence-electron chi connectivity index (χ2n) is 8.03. The highest BCUT2D eigenvalue weighted by Gasteiger charge is 2.18. The maximum absolute atomic E-state index is 13.2. The van der Waals surface area contributed by atoms with Gasteiger partial charge in [0.05, 0.1) is 45.8 Å². The number of aromatic nitrogens is 4. The van der Waals surface area contributed by atoms with Gasteiger partial charge in [0, 0.05) is 31.1 Å². The zero-order chi connectivity index (χ0) is 23.1. The molecule has 0 saturated carbocycles. The van der Waals surface area contributed by atoms with Crippen LogP contribution in [0.5, 0.6) is 5.75 Å². The first-order valence-corrected chi connectivity index (χ1v) is 11.0. The molecule has 1 aliphatic heterocycles. The Morgan fingerprint density at radius 3 is 2.55 bits per heavy atom. The number of ether oxygens (including phenoxy) is 1. The van der Waals surface area contributed by atoms with Crippen LogP contribution >= 0.6 is 11.6 Å². The summed E-state index contributed by atoms with van der Waals surface area (Å²) in [6, 6.07) is 8.89. The molecule has 0 aliphatic carbocycles. The number of hydrogen-bond donors (Lipinski definition) is 3. The molecule has 0 spiro atoms. The highest BCUT2D eigenvalue weighted by Crippen LogP contribution is 2.34. The number of aliphatic imine (C=N–C) groups is 1. The average molecular weight is 467 g/mol. The summed E-state index contributed by atoms with van der Waals surface area (Å²) in [6.07, 6.45) is 3.79. The van der Waals surface area contributed by atoms with Crippen LogP contribution in [0.3, 0.4) is 0 Å². The molecule has 1 fully saturated rings. The van der Waals surface area contributed by atoms with Gasteiger partial charge in [-0.3, -0.25) is 14.9 Å². The number of methoxy groups -OCH3 is 1. The maximum Gasteiger partial charge on any atom is 0.323 e. The van der Waals surface area contributed by atoms with Gasteiger partial charge in [0.25, 0.3) is 5.56 Å². The Hall–Kier alpha value is -3.72. The van der Waals surface area contributed by atoms with Gasteiger partial charge in [-0.2, -0.15) is 0 Å². The first-order valence-electron chi connectivity index (χ1n) is 10.6. The molecule has 5 rings (SSSR count). The molecule has 10 heteroatoms. The molecular formula is C23H23ClN6O3. The molecule has 2 aromatic carbocycles. The molecule has 0 atom stereocenters. The third-order valence-electron chi connectivity index (χ3n) is 5.90. The van der Waals surface area contributed by atoms with Crippen LogP contribution in [0.4, 0.5) is 11.4 Å². The van der Waals surface area contributed by atoms with Gasteiger partial charge < -0.3 is 19.6 Å². The van der Waals surface area contributed by atoms with Crippen LogP contribution in [-0.2, 0) is 0 Å². The Morgan fingerprint density at radius 1 is 1.09 bits per heavy atom. The lowest BCUT2D eigenvalue weighted by Gasteiger charge is -2.19. The number of anilines is 1. The molecule has 0 radical (unpaired) electrons. The summed E-state index contributed by atoms with van der Waals surface area (Å²) in [5.74, 6) is 0.479. The van der Waals surface area contributed by atoms with Crippen molar-refractivity contribution in [2.24, 2.45) is 4.99 Å². The second kappa shape index (κ2) is 8.32. The molecule has 3 N–H and O–H groups in total. The number of nitrogens with zero attached hydrogens (tertiary/aromatic N) is 3. The monoisotopic (exact) mass is 466 g/mol. The third-order valence-corrected chi connectivity index (χ3v) is 6.21. The minimum atomic E-state index is -0.263. The number of aryl methyl sites for hydroxylation is 1. The quantitative estimate of drug-likeness (QED) is 0.390. The van der Waals surface area contributed by atoms with Crippen LogP contribution in [0, 0.1) is 6.92 Å². The normalized spacial score (nSPS) is 14.1. The fourth-order valence-corrected chi connectivity index (χ4v) is 4.38. The highest BCUT2D eigenvalue weighted by atomic mass is 35.5. The van der Waals surface area contributed by atoms with Crippen LogP contribution in [0.15, 0.2) is 44.9 Å². The van der Waals surface area contributed by atoms with E-state index in [0.717, 1.165) is 37.1 Å². The standard InChI is InChI=1S/C23H23ClN6O3/c1-13-15(22(31)30(28-13)14-5-6-16(24)21(9-14)33-2)12-25-19-10-17-18(27-23(32)26-17)11-20(19)29-7-3-4-8-29/h5-6,9-12,28H,3-4,7-8H2,1-2H3,(H2,26,27,32). The van der Waals surface area contributed by atoms with E-state index in [0.29, 0.717) is 38.9 Å². The van der Waals surface area contributed by atoms with Gasteiger partial charge in [0.1, 0.15) is 5.75 Å². The molecule has 1 saturated heterocycles. The lowest BCUT2D eigenvalue weighted by atomic mass is 10.2. The van der Waals surface area contributed by atoms with Gasteiger partial charge in [-0.1, -0.05) is 11.6 Å². The van der Waals surface area contributed by atoms with Crippen molar-refractivity contribution in [1.29, 1.82) is 0 Å². The Balaban J connectivity index is 1.57. The number of fused-ring (bicyclic) bond motifs is 1. The van der Waals surface area contributed by atoms with Crippen LogP contribution in [0.1, 0.15) is 24.1 Å². The lowest BCUT2D eigenvalue weighted by molar-refractivity contribution is 0.414. The van der Waals surface area contributed by atoms with E-state index in [1.165, 1.54) is 11.8 Å². The number of aromatic amines is 3. The Labute approximate surface area is 193 Å². The van der Waals surface area contributed by atoms with E-state index in [1.54, 1.807) is 24.4 Å². The van der Waals surface area contributed by atoms with Crippen molar-refractivity contribution in [3.8, 4) is 11.4 Å². The number of halogens is 1. The second-order valence-corrected chi connectivity index (χ2v) is 8.44. The van der Waals surface area contributed by atoms with Gasteiger partial charge in [-0.05, 0) is 44.0 Å². The van der Waals surface area contributed by atoms with Gasteiger partial charge >= 0.3 is 5.69 Å². The van der Waals surface area contributed by atoms with E-state index in [4.69, 9.17) is 16.3 Å². The Morgan fingerprint density at radius 2 is 1.82 bits per heavy atom. The van der Waals surface area contributed by atoms with Crippen molar-refractivity contribution < 1.29 is 4.74 Å². The molecule has 9 nitrogen and oxygen atoms in total. The number of rotatable bonds is 5. The van der Waals surface area contributed by atoms with Crippen molar-refractivity contribution in [1.82, 2.24) is 19.7 Å². The summed E-state index contributed by atoms with van der Waals surface area (Å²) < 4.78 is 6.70. The first-order chi connectivity index (χ1) is 15.9. The highest BCUT2D eigenvalue weighted by molar-refractivity contribution is 6.32. The van der Waals surface area contributed by atoms with Crippen LogP contribution in [-0.4, -0.2) is 46.2 Å². The molecule has 33 heavy (non-hydrogen) atoms. The topological polar surface area (TPSA) is 111 Å². The summed E-state index contributed by atoms with van der Waals surface area (Å²) >= 11 is 6.12. The van der Waals surface area contributed by atoms with Crippen molar-refractivity contribution in [3.05, 3.63) is 67.4 Å². The third kappa shape index (κ3) is 3.84. The van der Waals surface area contributed by atoms with E-state index in [1.807, 2.05) is 19.1 Å². The van der Waals surface area contributed by atoms with Crippen molar-refractivity contribution in [2.45, 2.75) is 19.8 Å². The van der Waals surface area contributed by atoms with E-state index in [2.05, 4.69) is 25.0 Å². The molecule has 3 heterocycles. The molecule has 1 aliphatic rings. The predicted molar refractivity (Wildman–Crippen MR) is 130 cm³/mol. The number of benzene rings is 2. The smallest absolute Gasteiger partial charge is 0.323 e. The molecule has 4 aromatic rings.